The topological polar surface area (TPSA) is 12.0 Å². The van der Waals surface area contributed by atoms with Gasteiger partial charge in [-0.05, 0) is 23.4 Å². The van der Waals surface area contributed by atoms with Crippen molar-refractivity contribution < 1.29 is 0 Å². The van der Waals surface area contributed by atoms with Gasteiger partial charge in [-0.2, -0.15) is 0 Å². The Hall–Kier alpha value is -0.250. The average molecular weight is 225 g/mol. The Balaban J connectivity index is 2.15. The third-order valence-electron chi connectivity index (χ3n) is 2.42. The Labute approximate surface area is 93.6 Å². The molecule has 1 aliphatic heterocycles. The minimum absolute atomic E-state index is 0.533. The molecule has 2 atom stereocenters. The molecule has 0 saturated heterocycles. The second-order valence-corrected chi connectivity index (χ2v) is 6.20. The highest BCUT2D eigenvalue weighted by Gasteiger charge is 2.25. The Kier molecular flexibility index (Phi) is 3.31. The lowest BCUT2D eigenvalue weighted by molar-refractivity contribution is 0.515. The van der Waals surface area contributed by atoms with Crippen molar-refractivity contribution in [2.24, 2.45) is 0 Å². The molecule has 1 N–H and O–H groups in total. The third kappa shape index (κ3) is 2.05. The molecule has 1 unspecified atom stereocenters. The molecule has 2 rings (SSSR count). The van der Waals surface area contributed by atoms with Gasteiger partial charge in [0.15, 0.2) is 0 Å². The number of fused-ring (bicyclic) bond motifs is 1. The van der Waals surface area contributed by atoms with Crippen LogP contribution in [0.25, 0.3) is 0 Å². The molecular weight excluding hydrogens is 210 g/mol. The van der Waals surface area contributed by atoms with Crippen molar-refractivity contribution in [3.63, 3.8) is 0 Å². The van der Waals surface area contributed by atoms with Crippen LogP contribution in [0.3, 0.4) is 0 Å². The quantitative estimate of drug-likeness (QED) is 0.791. The highest BCUT2D eigenvalue weighted by atomic mass is 32.2. The fourth-order valence-electron chi connectivity index (χ4n) is 1.77. The Bertz CT molecular complexity index is 319. The molecular formula is C11H15NS2. The number of thioether (sulfide) groups is 1. The van der Waals surface area contributed by atoms with Crippen LogP contribution in [-0.4, -0.2) is 11.8 Å². The second kappa shape index (κ2) is 4.51. The van der Waals surface area contributed by atoms with E-state index in [9.17, 15) is 0 Å². The van der Waals surface area contributed by atoms with E-state index in [1.807, 2.05) is 29.2 Å². The van der Waals surface area contributed by atoms with Crippen LogP contribution in [0.15, 0.2) is 28.3 Å². The predicted molar refractivity (Wildman–Crippen MR) is 65.2 cm³/mol. The molecule has 1 aliphatic rings. The maximum Gasteiger partial charge on any atom is 0.0649 e. The summed E-state index contributed by atoms with van der Waals surface area (Å²) in [6.07, 6.45) is 3.15. The lowest BCUT2D eigenvalue weighted by atomic mass is 10.1. The van der Waals surface area contributed by atoms with E-state index in [1.54, 1.807) is 0 Å². The lowest BCUT2D eigenvalue weighted by Gasteiger charge is -2.27. The molecule has 0 fully saturated rings. The van der Waals surface area contributed by atoms with Crippen molar-refractivity contribution in [3.05, 3.63) is 29.7 Å². The summed E-state index contributed by atoms with van der Waals surface area (Å²) < 4.78 is 1.49. The largest absolute Gasteiger partial charge is 0.306 e. The van der Waals surface area contributed by atoms with Crippen LogP contribution in [-0.2, 0) is 0 Å². The van der Waals surface area contributed by atoms with Crippen LogP contribution in [0.2, 0.25) is 0 Å². The molecule has 0 bridgehead atoms. The molecule has 2 heterocycles. The van der Waals surface area contributed by atoms with E-state index in [0.29, 0.717) is 6.04 Å². The van der Waals surface area contributed by atoms with Gasteiger partial charge in [0, 0.05) is 17.8 Å². The van der Waals surface area contributed by atoms with E-state index in [0.717, 1.165) is 11.8 Å². The van der Waals surface area contributed by atoms with Crippen molar-refractivity contribution in [1.82, 2.24) is 5.32 Å². The van der Waals surface area contributed by atoms with Crippen LogP contribution in [0, 0.1) is 0 Å². The maximum atomic E-state index is 3.74. The zero-order valence-corrected chi connectivity index (χ0v) is 9.96. The fraction of sp³-hybridized carbons (Fsp3) is 0.455. The summed E-state index contributed by atoms with van der Waals surface area (Å²) in [6.45, 7) is 6.94. The van der Waals surface area contributed by atoms with Gasteiger partial charge in [0.25, 0.3) is 0 Å². The van der Waals surface area contributed by atoms with E-state index in [2.05, 4.69) is 30.3 Å². The second-order valence-electron chi connectivity index (χ2n) is 3.58. The van der Waals surface area contributed by atoms with Gasteiger partial charge in [0.2, 0.25) is 0 Å². The minimum atomic E-state index is 0.533. The summed E-state index contributed by atoms with van der Waals surface area (Å²) in [5, 5.41) is 6.44. The normalized spacial score (nSPS) is 25.8. The smallest absolute Gasteiger partial charge is 0.0649 e. The van der Waals surface area contributed by atoms with Gasteiger partial charge < -0.3 is 5.32 Å². The Morgan fingerprint density at radius 3 is 3.36 bits per heavy atom. The molecule has 1 aromatic rings. The van der Waals surface area contributed by atoms with Gasteiger partial charge in [-0.15, -0.1) is 29.7 Å². The van der Waals surface area contributed by atoms with Crippen molar-refractivity contribution >= 4 is 23.1 Å². The van der Waals surface area contributed by atoms with Crippen LogP contribution in [0.5, 0.6) is 0 Å². The molecule has 0 radical (unpaired) electrons. The molecule has 0 amide bonds. The molecule has 76 valence electrons. The maximum absolute atomic E-state index is 3.74. The summed E-state index contributed by atoms with van der Waals surface area (Å²) in [5.74, 6) is 0. The van der Waals surface area contributed by atoms with E-state index in [1.165, 1.54) is 16.2 Å². The zero-order valence-electron chi connectivity index (χ0n) is 8.32. The number of hydrogen-bond acceptors (Lipinski definition) is 3. The van der Waals surface area contributed by atoms with Crippen molar-refractivity contribution in [3.8, 4) is 0 Å². The monoisotopic (exact) mass is 225 g/mol. The number of hydrogen-bond donors (Lipinski definition) is 1. The predicted octanol–water partition coefficient (Wildman–Crippen LogP) is 3.45. The minimum Gasteiger partial charge on any atom is -0.306 e. The summed E-state index contributed by atoms with van der Waals surface area (Å²) in [6, 6.07) is 2.78. The first-order valence-corrected chi connectivity index (χ1v) is 6.65. The van der Waals surface area contributed by atoms with Crippen LogP contribution < -0.4 is 5.32 Å². The zero-order chi connectivity index (χ0) is 9.97. The Morgan fingerprint density at radius 2 is 2.57 bits per heavy atom. The third-order valence-corrected chi connectivity index (χ3v) is 4.76. The SMILES string of the molecule is C=CCNC1C[C@H](C)Sc2sccc21. The fourth-order valence-corrected chi connectivity index (χ4v) is 4.33. The summed E-state index contributed by atoms with van der Waals surface area (Å²) >= 11 is 3.87. The number of rotatable bonds is 3. The number of thiophene rings is 1. The molecule has 14 heavy (non-hydrogen) atoms. The van der Waals surface area contributed by atoms with Crippen molar-refractivity contribution in [2.45, 2.75) is 28.8 Å². The first-order valence-electron chi connectivity index (χ1n) is 4.89. The average Bonchev–Trinajstić information content (AvgIpc) is 2.61. The molecule has 1 aromatic heterocycles. The van der Waals surface area contributed by atoms with E-state index < -0.39 is 0 Å². The van der Waals surface area contributed by atoms with E-state index in [4.69, 9.17) is 0 Å². The van der Waals surface area contributed by atoms with E-state index in [-0.39, 0.29) is 0 Å². The van der Waals surface area contributed by atoms with Gasteiger partial charge in [0.05, 0.1) is 4.21 Å². The van der Waals surface area contributed by atoms with Crippen LogP contribution in [0.1, 0.15) is 24.9 Å². The van der Waals surface area contributed by atoms with Crippen molar-refractivity contribution in [2.75, 3.05) is 6.54 Å². The highest BCUT2D eigenvalue weighted by molar-refractivity contribution is 8.01. The summed E-state index contributed by atoms with van der Waals surface area (Å²) in [5.41, 5.74) is 1.49. The van der Waals surface area contributed by atoms with Gasteiger partial charge in [0.1, 0.15) is 0 Å². The molecule has 0 aromatic carbocycles. The molecule has 1 nitrogen and oxygen atoms in total. The van der Waals surface area contributed by atoms with Crippen LogP contribution >= 0.6 is 23.1 Å². The Morgan fingerprint density at radius 1 is 1.71 bits per heavy atom. The van der Waals surface area contributed by atoms with Gasteiger partial charge in [-0.3, -0.25) is 0 Å². The van der Waals surface area contributed by atoms with Gasteiger partial charge >= 0.3 is 0 Å². The van der Waals surface area contributed by atoms with E-state index >= 15 is 0 Å². The molecule has 3 heteroatoms. The first-order chi connectivity index (χ1) is 6.81. The van der Waals surface area contributed by atoms with Crippen LogP contribution in [0.4, 0.5) is 0 Å². The summed E-state index contributed by atoms with van der Waals surface area (Å²) in [4.78, 5) is 0. The first kappa shape index (κ1) is 10.3. The highest BCUT2D eigenvalue weighted by Crippen LogP contribution is 2.43. The molecule has 0 saturated carbocycles. The van der Waals surface area contributed by atoms with Crippen molar-refractivity contribution in [1.29, 1.82) is 0 Å². The molecule has 0 aliphatic carbocycles. The standard InChI is InChI=1S/C11H15NS2/c1-3-5-12-10-7-8(2)14-11-9(10)4-6-13-11/h3-4,6,8,10,12H,1,5,7H2,2H3/t8-,10?/m0/s1. The van der Waals surface area contributed by atoms with Gasteiger partial charge in [-0.25, -0.2) is 0 Å². The lowest BCUT2D eigenvalue weighted by Crippen LogP contribution is -2.26. The van der Waals surface area contributed by atoms with Gasteiger partial charge in [-0.1, -0.05) is 13.0 Å². The summed E-state index contributed by atoms with van der Waals surface area (Å²) in [7, 11) is 0. The number of nitrogens with one attached hydrogen (secondary N) is 1. The molecule has 0 spiro atoms.